The van der Waals surface area contributed by atoms with Crippen molar-refractivity contribution in [1.29, 1.82) is 0 Å². The normalized spacial score (nSPS) is 28.2. The third kappa shape index (κ3) is 34.6. The highest BCUT2D eigenvalue weighted by atomic mass is 16.8. The largest absolute Gasteiger partial charge is 0.394 e. The molecule has 0 aromatic rings. The second-order valence-corrected chi connectivity index (χ2v) is 26.1. The monoisotopic (exact) mass is 1290 g/mol. The SMILES string of the molecule is CCCCCCC/C=C\C/C=C\C/C=C\CCCCCCCCCCC(=O)NC(COC1OC(CO)C(OC2OC(CO)C(OC3OC(CO)C(O)C(O)C3O)C(O)C2O)C(O)C1O)C(O)CCCCCCCCCCCCCCCCCCCCCCCC. The standard InChI is InChI=1S/C71H131NO18/c1-3-5-7-9-11-13-15-17-19-21-23-25-27-29-31-33-35-37-39-41-43-45-47-49-59(77)72-54(55(76)48-46-44-42-40-38-36-34-32-30-28-26-24-22-20-18-16-14-12-10-8-6-4-2)53-85-69-65(83)62(80)67(57(51-74)87-69)90-71-66(84)63(81)68(58(52-75)88-71)89-70-64(82)61(79)60(78)56(50-73)86-70/h15,17,21,23,27,29,54-58,60-71,73-76,78-84H,3-14,16,18-20,22,24-26,28,30-53H2,1-2H3,(H,72,77)/b17-15-,23-21-,29-27-. The molecule has 3 aliphatic heterocycles. The molecule has 90 heavy (non-hydrogen) atoms. The van der Waals surface area contributed by atoms with Gasteiger partial charge in [0.05, 0.1) is 38.6 Å². The Bertz CT molecular complexity index is 1780. The molecule has 3 heterocycles. The van der Waals surface area contributed by atoms with Crippen molar-refractivity contribution < 1.29 is 89.4 Å². The van der Waals surface area contributed by atoms with Gasteiger partial charge in [0.25, 0.3) is 0 Å². The summed E-state index contributed by atoms with van der Waals surface area (Å²) < 4.78 is 34.4. The Morgan fingerprint density at radius 1 is 0.400 bits per heavy atom. The Morgan fingerprint density at radius 3 is 1.14 bits per heavy atom. The molecule has 0 aromatic carbocycles. The van der Waals surface area contributed by atoms with Crippen LogP contribution < -0.4 is 5.32 Å². The third-order valence-electron chi connectivity index (χ3n) is 18.2. The molecule has 3 aliphatic rings. The van der Waals surface area contributed by atoms with Crippen LogP contribution in [-0.2, 0) is 33.2 Å². The van der Waals surface area contributed by atoms with E-state index < -0.39 is 124 Å². The summed E-state index contributed by atoms with van der Waals surface area (Å²) in [6.07, 6.45) is 35.0. The van der Waals surface area contributed by atoms with E-state index in [1.165, 1.54) is 173 Å². The van der Waals surface area contributed by atoms with Crippen molar-refractivity contribution in [3.63, 3.8) is 0 Å². The predicted molar refractivity (Wildman–Crippen MR) is 351 cm³/mol. The first-order chi connectivity index (χ1) is 43.8. The highest BCUT2D eigenvalue weighted by Crippen LogP contribution is 2.33. The number of hydrogen-bond donors (Lipinski definition) is 12. The Morgan fingerprint density at radius 2 is 0.733 bits per heavy atom. The lowest BCUT2D eigenvalue weighted by atomic mass is 9.96. The minimum absolute atomic E-state index is 0.248. The number of nitrogens with one attached hydrogen (secondary N) is 1. The maximum absolute atomic E-state index is 13.4. The van der Waals surface area contributed by atoms with Crippen LogP contribution in [0.25, 0.3) is 0 Å². The lowest BCUT2D eigenvalue weighted by Crippen LogP contribution is -2.66. The number of carbonyl (C=O) groups excluding carboxylic acids is 1. The molecule has 3 fully saturated rings. The summed E-state index contributed by atoms with van der Waals surface area (Å²) in [6.45, 7) is 1.81. The number of rotatable bonds is 56. The molecule has 1 amide bonds. The van der Waals surface area contributed by atoms with E-state index in [0.717, 1.165) is 70.6 Å². The summed E-state index contributed by atoms with van der Waals surface area (Å²) in [7, 11) is 0. The molecular formula is C71H131NO18. The summed E-state index contributed by atoms with van der Waals surface area (Å²) in [5.74, 6) is -0.248. The van der Waals surface area contributed by atoms with Gasteiger partial charge in [0.1, 0.15) is 73.2 Å². The van der Waals surface area contributed by atoms with Gasteiger partial charge in [-0.25, -0.2) is 0 Å². The molecule has 0 bridgehead atoms. The number of hydrogen-bond acceptors (Lipinski definition) is 18. The fraction of sp³-hybridized carbons (Fsp3) is 0.901. The van der Waals surface area contributed by atoms with Gasteiger partial charge >= 0.3 is 0 Å². The van der Waals surface area contributed by atoms with Gasteiger partial charge in [-0.15, -0.1) is 0 Å². The molecular weight excluding hydrogens is 1150 g/mol. The van der Waals surface area contributed by atoms with E-state index >= 15 is 0 Å². The number of aliphatic hydroxyl groups excluding tert-OH is 11. The maximum atomic E-state index is 13.4. The fourth-order valence-electron chi connectivity index (χ4n) is 12.3. The van der Waals surface area contributed by atoms with Crippen LogP contribution in [0, 0.1) is 0 Å². The average molecular weight is 1290 g/mol. The molecule has 0 aromatic heterocycles. The average Bonchev–Trinajstić information content (AvgIpc) is 0.865. The number of aliphatic hydroxyl groups is 11. The number of allylic oxidation sites excluding steroid dienone is 6. The van der Waals surface area contributed by atoms with Crippen LogP contribution in [0.1, 0.15) is 277 Å². The molecule has 3 rings (SSSR count). The first-order valence-corrected chi connectivity index (χ1v) is 36.2. The van der Waals surface area contributed by atoms with Crippen LogP contribution in [0.4, 0.5) is 0 Å². The number of unbranched alkanes of at least 4 members (excludes halogenated alkanes) is 34. The van der Waals surface area contributed by atoms with Crippen LogP contribution in [0.15, 0.2) is 36.5 Å². The van der Waals surface area contributed by atoms with Crippen LogP contribution >= 0.6 is 0 Å². The Kier molecular flexibility index (Phi) is 48.6. The summed E-state index contributed by atoms with van der Waals surface area (Å²) in [5, 5.41) is 121. The summed E-state index contributed by atoms with van der Waals surface area (Å²) in [6, 6.07) is -0.893. The number of ether oxygens (including phenoxy) is 6. The zero-order valence-electron chi connectivity index (χ0n) is 55.9. The van der Waals surface area contributed by atoms with E-state index in [9.17, 15) is 61.0 Å². The first kappa shape index (κ1) is 82.2. The van der Waals surface area contributed by atoms with E-state index in [-0.39, 0.29) is 18.9 Å². The minimum atomic E-state index is -1.97. The Labute approximate surface area is 542 Å². The van der Waals surface area contributed by atoms with Crippen molar-refractivity contribution in [3.8, 4) is 0 Å². The topological polar surface area (TPSA) is 307 Å². The second kappa shape index (κ2) is 53.2. The van der Waals surface area contributed by atoms with Gasteiger partial charge in [-0.2, -0.15) is 0 Å². The highest BCUT2D eigenvalue weighted by Gasteiger charge is 2.53. The Balaban J connectivity index is 1.43. The van der Waals surface area contributed by atoms with Gasteiger partial charge in [-0.1, -0.05) is 256 Å². The van der Waals surface area contributed by atoms with Crippen molar-refractivity contribution in [3.05, 3.63) is 36.5 Å². The summed E-state index contributed by atoms with van der Waals surface area (Å²) in [4.78, 5) is 13.4. The van der Waals surface area contributed by atoms with E-state index in [0.29, 0.717) is 12.8 Å². The first-order valence-electron chi connectivity index (χ1n) is 36.2. The molecule has 3 saturated heterocycles. The molecule has 0 saturated carbocycles. The van der Waals surface area contributed by atoms with Crippen molar-refractivity contribution >= 4 is 5.91 Å². The quantitative estimate of drug-likeness (QED) is 0.0199. The van der Waals surface area contributed by atoms with Crippen LogP contribution in [0.5, 0.6) is 0 Å². The van der Waals surface area contributed by atoms with Gasteiger partial charge in [0.2, 0.25) is 5.91 Å². The van der Waals surface area contributed by atoms with Gasteiger partial charge in [0, 0.05) is 6.42 Å². The molecule has 12 N–H and O–H groups in total. The molecule has 19 nitrogen and oxygen atoms in total. The van der Waals surface area contributed by atoms with Gasteiger partial charge < -0.3 is 89.9 Å². The maximum Gasteiger partial charge on any atom is 0.220 e. The predicted octanol–water partition coefficient (Wildman–Crippen LogP) is 10.00. The van der Waals surface area contributed by atoms with Crippen molar-refractivity contribution in [1.82, 2.24) is 5.32 Å². The summed E-state index contributed by atoms with van der Waals surface area (Å²) >= 11 is 0. The number of carbonyl (C=O) groups is 1. The molecule has 17 atom stereocenters. The smallest absolute Gasteiger partial charge is 0.220 e. The van der Waals surface area contributed by atoms with Crippen LogP contribution in [0.3, 0.4) is 0 Å². The zero-order valence-corrected chi connectivity index (χ0v) is 55.9. The van der Waals surface area contributed by atoms with Crippen molar-refractivity contribution in [2.75, 3.05) is 26.4 Å². The summed E-state index contributed by atoms with van der Waals surface area (Å²) in [5.41, 5.74) is 0. The molecule has 0 radical (unpaired) electrons. The Hall–Kier alpha value is -1.99. The van der Waals surface area contributed by atoms with E-state index in [1.807, 2.05) is 0 Å². The minimum Gasteiger partial charge on any atom is -0.394 e. The van der Waals surface area contributed by atoms with Gasteiger partial charge in [-0.05, 0) is 51.4 Å². The van der Waals surface area contributed by atoms with Gasteiger partial charge in [0.15, 0.2) is 18.9 Å². The zero-order chi connectivity index (χ0) is 65.4. The van der Waals surface area contributed by atoms with Gasteiger partial charge in [-0.3, -0.25) is 4.79 Å². The molecule has 528 valence electrons. The van der Waals surface area contributed by atoms with E-state index in [1.54, 1.807) is 0 Å². The number of amides is 1. The molecule has 19 heteroatoms. The van der Waals surface area contributed by atoms with E-state index in [4.69, 9.17) is 28.4 Å². The molecule has 0 spiro atoms. The van der Waals surface area contributed by atoms with Crippen molar-refractivity contribution in [2.45, 2.75) is 381 Å². The van der Waals surface area contributed by atoms with E-state index in [2.05, 4.69) is 55.6 Å². The fourth-order valence-corrected chi connectivity index (χ4v) is 12.3. The van der Waals surface area contributed by atoms with Crippen LogP contribution in [0.2, 0.25) is 0 Å². The third-order valence-corrected chi connectivity index (χ3v) is 18.2. The lowest BCUT2D eigenvalue weighted by Gasteiger charge is -2.48. The van der Waals surface area contributed by atoms with Crippen molar-refractivity contribution in [2.24, 2.45) is 0 Å². The lowest BCUT2D eigenvalue weighted by molar-refractivity contribution is -0.379. The molecule has 17 unspecified atom stereocenters. The highest BCUT2D eigenvalue weighted by molar-refractivity contribution is 5.76. The van der Waals surface area contributed by atoms with Crippen LogP contribution in [-0.4, -0.2) is 193 Å². The second-order valence-electron chi connectivity index (χ2n) is 26.1. The molecule has 0 aliphatic carbocycles.